The molecule has 1 unspecified atom stereocenters. The van der Waals surface area contributed by atoms with Gasteiger partial charge in [0.25, 0.3) is 0 Å². The van der Waals surface area contributed by atoms with Crippen LogP contribution >= 0.6 is 0 Å². The zero-order chi connectivity index (χ0) is 56.4. The van der Waals surface area contributed by atoms with Crippen LogP contribution in [0.2, 0.25) is 0 Å². The number of carbonyl (C=O) groups is 3. The highest BCUT2D eigenvalue weighted by molar-refractivity contribution is 5.71. The van der Waals surface area contributed by atoms with Crippen molar-refractivity contribution >= 4 is 17.9 Å². The van der Waals surface area contributed by atoms with Gasteiger partial charge in [-0.1, -0.05) is 305 Å². The molecule has 0 aliphatic carbocycles. The average Bonchev–Trinajstić information content (AvgIpc) is 3.44. The van der Waals surface area contributed by atoms with Crippen molar-refractivity contribution in [2.75, 3.05) is 13.2 Å². The molecule has 0 aromatic carbocycles. The average molecular weight is 1090 g/mol. The molecule has 450 valence electrons. The van der Waals surface area contributed by atoms with E-state index in [1.807, 2.05) is 0 Å². The van der Waals surface area contributed by atoms with E-state index in [-0.39, 0.29) is 31.1 Å². The van der Waals surface area contributed by atoms with Gasteiger partial charge in [-0.05, 0) is 96.3 Å². The molecular formula is C72H126O6. The second-order valence-electron chi connectivity index (χ2n) is 22.4. The fourth-order valence-electron chi connectivity index (χ4n) is 9.62. The van der Waals surface area contributed by atoms with E-state index in [4.69, 9.17) is 14.2 Å². The molecule has 0 N–H and O–H groups in total. The van der Waals surface area contributed by atoms with E-state index in [1.54, 1.807) is 0 Å². The second-order valence-corrected chi connectivity index (χ2v) is 22.4. The Morgan fingerprint density at radius 2 is 0.500 bits per heavy atom. The van der Waals surface area contributed by atoms with E-state index in [0.29, 0.717) is 19.3 Å². The van der Waals surface area contributed by atoms with Gasteiger partial charge in [0.1, 0.15) is 13.2 Å². The van der Waals surface area contributed by atoms with Gasteiger partial charge in [-0.25, -0.2) is 0 Å². The van der Waals surface area contributed by atoms with Crippen molar-refractivity contribution in [2.45, 2.75) is 341 Å². The van der Waals surface area contributed by atoms with Gasteiger partial charge in [-0.3, -0.25) is 14.4 Å². The van der Waals surface area contributed by atoms with Crippen molar-refractivity contribution < 1.29 is 28.6 Å². The molecule has 0 fully saturated rings. The van der Waals surface area contributed by atoms with Gasteiger partial charge < -0.3 is 14.2 Å². The van der Waals surface area contributed by atoms with Gasteiger partial charge in [-0.2, -0.15) is 0 Å². The fourth-order valence-corrected chi connectivity index (χ4v) is 9.62. The van der Waals surface area contributed by atoms with E-state index < -0.39 is 6.10 Å². The summed E-state index contributed by atoms with van der Waals surface area (Å²) in [5.41, 5.74) is 0. The molecule has 0 bridgehead atoms. The van der Waals surface area contributed by atoms with Crippen molar-refractivity contribution in [3.63, 3.8) is 0 Å². The minimum atomic E-state index is -0.785. The standard InChI is InChI=1S/C72H126O6/c1-4-7-10-13-16-19-22-25-28-30-32-33-34-35-36-37-38-39-41-42-44-47-50-53-56-59-62-65-71(74)77-68-69(67-76-70(73)64-61-58-55-52-49-46-27-24-21-18-15-12-9-6-3)78-72(75)66-63-60-57-54-51-48-45-43-40-31-29-26-23-20-17-14-11-8-5-2/h8,11,17,20,22,25-26,29-30,32,34-35,40,43,69H,4-7,9-10,12-16,18-19,21,23-24,27-28,31,33,36-39,41-42,44-68H2,1-3H3/b11-8-,20-17-,25-22-,29-26-,32-30-,35-34-,43-40-. The van der Waals surface area contributed by atoms with E-state index in [2.05, 4.69) is 106 Å². The fraction of sp³-hybridized carbons (Fsp3) is 0.764. The summed E-state index contributed by atoms with van der Waals surface area (Å²) in [4.78, 5) is 38.4. The van der Waals surface area contributed by atoms with Crippen molar-refractivity contribution in [3.8, 4) is 0 Å². The van der Waals surface area contributed by atoms with E-state index in [0.717, 1.165) is 109 Å². The summed E-state index contributed by atoms with van der Waals surface area (Å²) in [6.45, 7) is 6.54. The Morgan fingerprint density at radius 1 is 0.269 bits per heavy atom. The van der Waals surface area contributed by atoms with E-state index in [1.165, 1.54) is 186 Å². The van der Waals surface area contributed by atoms with Crippen molar-refractivity contribution in [1.29, 1.82) is 0 Å². The normalized spacial score (nSPS) is 12.6. The lowest BCUT2D eigenvalue weighted by Gasteiger charge is -2.18. The maximum atomic E-state index is 12.9. The first-order chi connectivity index (χ1) is 38.5. The summed E-state index contributed by atoms with van der Waals surface area (Å²) in [6.07, 6.45) is 87.3. The smallest absolute Gasteiger partial charge is 0.306 e. The zero-order valence-corrected chi connectivity index (χ0v) is 51.7. The lowest BCUT2D eigenvalue weighted by molar-refractivity contribution is -0.167. The molecule has 0 saturated heterocycles. The number of rotatable bonds is 61. The largest absolute Gasteiger partial charge is 0.462 e. The lowest BCUT2D eigenvalue weighted by atomic mass is 10.0. The van der Waals surface area contributed by atoms with Gasteiger partial charge in [0.15, 0.2) is 6.10 Å². The first-order valence-electron chi connectivity index (χ1n) is 33.6. The molecule has 1 atom stereocenters. The molecule has 0 aliphatic heterocycles. The monoisotopic (exact) mass is 1090 g/mol. The number of allylic oxidation sites excluding steroid dienone is 14. The Hall–Kier alpha value is -3.41. The number of hydrogen-bond donors (Lipinski definition) is 0. The number of unbranched alkanes of at least 4 members (excludes halogenated alkanes) is 36. The summed E-state index contributed by atoms with van der Waals surface area (Å²) in [5, 5.41) is 0. The molecule has 0 heterocycles. The maximum Gasteiger partial charge on any atom is 0.306 e. The predicted molar refractivity (Wildman–Crippen MR) is 339 cm³/mol. The third kappa shape index (κ3) is 63.4. The zero-order valence-electron chi connectivity index (χ0n) is 51.7. The quantitative estimate of drug-likeness (QED) is 0.0261. The number of carbonyl (C=O) groups excluding carboxylic acids is 3. The summed E-state index contributed by atoms with van der Waals surface area (Å²) >= 11 is 0. The van der Waals surface area contributed by atoms with Crippen LogP contribution in [0.3, 0.4) is 0 Å². The Morgan fingerprint density at radius 3 is 0.782 bits per heavy atom. The molecule has 0 radical (unpaired) electrons. The van der Waals surface area contributed by atoms with Crippen LogP contribution < -0.4 is 0 Å². The second kappa shape index (κ2) is 66.1. The Kier molecular flexibility index (Phi) is 63.2. The molecule has 0 amide bonds. The first kappa shape index (κ1) is 74.6. The molecular weight excluding hydrogens is 961 g/mol. The van der Waals surface area contributed by atoms with Crippen LogP contribution in [0.1, 0.15) is 335 Å². The molecule has 0 aliphatic rings. The SMILES string of the molecule is CC/C=C\C/C=C\C/C=C\C/C=C\CCCCCCCCC(=O)OC(COC(=O)CCCCCCCCCCCCCC/C=C\C/C=C\C/C=C\CCCCCCC)COC(=O)CCCCCCCCCCCCCCCC. The summed E-state index contributed by atoms with van der Waals surface area (Å²) in [5.74, 6) is -0.880. The molecule has 0 rings (SSSR count). The molecule has 0 aromatic rings. The Balaban J connectivity index is 4.31. The van der Waals surface area contributed by atoms with Crippen molar-refractivity contribution in [1.82, 2.24) is 0 Å². The third-order valence-electron chi connectivity index (χ3n) is 14.6. The number of ether oxygens (including phenoxy) is 3. The minimum Gasteiger partial charge on any atom is -0.462 e. The van der Waals surface area contributed by atoms with Gasteiger partial charge >= 0.3 is 17.9 Å². The summed E-state index contributed by atoms with van der Waals surface area (Å²) in [7, 11) is 0. The highest BCUT2D eigenvalue weighted by Gasteiger charge is 2.19. The molecule has 6 nitrogen and oxygen atoms in total. The van der Waals surface area contributed by atoms with Crippen LogP contribution in [0.25, 0.3) is 0 Å². The molecule has 0 spiro atoms. The maximum absolute atomic E-state index is 12.9. The van der Waals surface area contributed by atoms with Crippen molar-refractivity contribution in [3.05, 3.63) is 85.1 Å². The highest BCUT2D eigenvalue weighted by Crippen LogP contribution is 2.17. The predicted octanol–water partition coefficient (Wildman–Crippen LogP) is 23.1. The highest BCUT2D eigenvalue weighted by atomic mass is 16.6. The Labute approximate surface area is 484 Å². The van der Waals surface area contributed by atoms with Crippen LogP contribution in [-0.2, 0) is 28.6 Å². The minimum absolute atomic E-state index is 0.0797. The van der Waals surface area contributed by atoms with E-state index in [9.17, 15) is 14.4 Å². The number of esters is 3. The van der Waals surface area contributed by atoms with Crippen LogP contribution in [0.15, 0.2) is 85.1 Å². The van der Waals surface area contributed by atoms with E-state index >= 15 is 0 Å². The molecule has 78 heavy (non-hydrogen) atoms. The van der Waals surface area contributed by atoms with Gasteiger partial charge in [-0.15, -0.1) is 0 Å². The third-order valence-corrected chi connectivity index (χ3v) is 14.6. The summed E-state index contributed by atoms with van der Waals surface area (Å²) in [6, 6.07) is 0. The van der Waals surface area contributed by atoms with Gasteiger partial charge in [0.05, 0.1) is 0 Å². The summed E-state index contributed by atoms with van der Waals surface area (Å²) < 4.78 is 17.0. The molecule has 0 aromatic heterocycles. The van der Waals surface area contributed by atoms with Crippen LogP contribution in [0.5, 0.6) is 0 Å². The van der Waals surface area contributed by atoms with Crippen LogP contribution in [-0.4, -0.2) is 37.2 Å². The lowest BCUT2D eigenvalue weighted by Crippen LogP contribution is -2.30. The molecule has 0 saturated carbocycles. The Bertz CT molecular complexity index is 1480. The van der Waals surface area contributed by atoms with Gasteiger partial charge in [0, 0.05) is 19.3 Å². The molecule has 6 heteroatoms. The topological polar surface area (TPSA) is 78.9 Å². The van der Waals surface area contributed by atoms with Crippen LogP contribution in [0.4, 0.5) is 0 Å². The van der Waals surface area contributed by atoms with Gasteiger partial charge in [0.2, 0.25) is 0 Å². The number of hydrogen-bond acceptors (Lipinski definition) is 6. The van der Waals surface area contributed by atoms with Crippen LogP contribution in [0, 0.1) is 0 Å². The van der Waals surface area contributed by atoms with Crippen molar-refractivity contribution in [2.24, 2.45) is 0 Å². The first-order valence-corrected chi connectivity index (χ1v) is 33.6.